The molecule has 2 atom stereocenters. The molecule has 2 aliphatic carbocycles. The summed E-state index contributed by atoms with van der Waals surface area (Å²) in [5.74, 6) is 1.46. The largest absolute Gasteiger partial charge is 0.300 e. The van der Waals surface area contributed by atoms with Gasteiger partial charge in [0.25, 0.3) is 0 Å². The first-order valence-corrected chi connectivity index (χ1v) is 11.2. The Morgan fingerprint density at radius 2 is 1.40 bits per heavy atom. The zero-order valence-corrected chi connectivity index (χ0v) is 20.8. The number of carbonyl (C=O) groups is 2. The second-order valence-electron chi connectivity index (χ2n) is 10.1. The molecule has 30 heavy (non-hydrogen) atoms. The van der Waals surface area contributed by atoms with Gasteiger partial charge in [0, 0.05) is 6.42 Å². The Balaban J connectivity index is 0.000000300. The monoisotopic (exact) mass is 410 g/mol. The molecule has 0 N–H and O–H groups in total. The van der Waals surface area contributed by atoms with Gasteiger partial charge in [-0.15, -0.1) is 0 Å². The fourth-order valence-electron chi connectivity index (χ4n) is 4.15. The van der Waals surface area contributed by atoms with Crippen molar-refractivity contribution in [2.45, 2.75) is 82.1 Å². The van der Waals surface area contributed by atoms with Crippen LogP contribution in [0, 0.1) is 22.7 Å². The second kappa shape index (κ2) is 10.4. The molecule has 0 bridgehead atoms. The summed E-state index contributed by atoms with van der Waals surface area (Å²) >= 11 is 0. The van der Waals surface area contributed by atoms with E-state index < -0.39 is 0 Å². The third-order valence-electron chi connectivity index (χ3n) is 7.13. The lowest BCUT2D eigenvalue weighted by Gasteiger charge is -2.37. The number of hydrogen-bond donors (Lipinski definition) is 0. The average molecular weight is 411 g/mol. The minimum atomic E-state index is 0.105. The van der Waals surface area contributed by atoms with Gasteiger partial charge < -0.3 is 4.79 Å². The van der Waals surface area contributed by atoms with Gasteiger partial charge in [-0.3, -0.25) is 4.79 Å². The molecule has 0 aromatic heterocycles. The molecule has 2 aliphatic rings. The van der Waals surface area contributed by atoms with E-state index in [1.807, 2.05) is 6.08 Å². The maximum Gasteiger partial charge on any atom is 0.152 e. The van der Waals surface area contributed by atoms with Crippen LogP contribution in [-0.2, 0) is 9.59 Å². The zero-order valence-electron chi connectivity index (χ0n) is 20.8. The van der Waals surface area contributed by atoms with Crippen molar-refractivity contribution in [3.63, 3.8) is 0 Å². The van der Waals surface area contributed by atoms with Crippen LogP contribution in [0.15, 0.2) is 58.7 Å². The molecule has 0 aliphatic heterocycles. The molecule has 2 rings (SSSR count). The molecule has 2 heteroatoms. The Bertz CT molecular complexity index is 810. The Morgan fingerprint density at radius 1 is 0.900 bits per heavy atom. The van der Waals surface area contributed by atoms with Crippen molar-refractivity contribution in [2.75, 3.05) is 0 Å². The third kappa shape index (κ3) is 6.52. The minimum absolute atomic E-state index is 0.105. The van der Waals surface area contributed by atoms with E-state index in [1.165, 1.54) is 22.3 Å². The maximum atomic E-state index is 11.0. The molecule has 0 aromatic rings. The lowest BCUT2D eigenvalue weighted by atomic mass is 9.68. The third-order valence-corrected chi connectivity index (χ3v) is 7.13. The number of rotatable bonds is 5. The van der Waals surface area contributed by atoms with Gasteiger partial charge >= 0.3 is 0 Å². The van der Waals surface area contributed by atoms with Crippen molar-refractivity contribution in [3.8, 4) is 0 Å². The van der Waals surface area contributed by atoms with Crippen LogP contribution in [0.5, 0.6) is 0 Å². The van der Waals surface area contributed by atoms with Gasteiger partial charge in [-0.05, 0) is 74.0 Å². The molecule has 2 nitrogen and oxygen atoms in total. The van der Waals surface area contributed by atoms with Gasteiger partial charge in [0.2, 0.25) is 0 Å². The molecule has 0 fully saturated rings. The smallest absolute Gasteiger partial charge is 0.152 e. The van der Waals surface area contributed by atoms with Crippen LogP contribution >= 0.6 is 0 Å². The fourth-order valence-corrected chi connectivity index (χ4v) is 4.15. The highest BCUT2D eigenvalue weighted by Gasteiger charge is 2.32. The minimum Gasteiger partial charge on any atom is -0.300 e. The van der Waals surface area contributed by atoms with Gasteiger partial charge in [-0.2, -0.15) is 0 Å². The van der Waals surface area contributed by atoms with E-state index in [2.05, 4.69) is 79.7 Å². The SMILES string of the molecule is CC(=O)/C=C/C1=C(C)C=CC(C)C1(C)C.CC(=O)CCC1=C(C)C=CC(C)C1(C)C. The van der Waals surface area contributed by atoms with Crippen molar-refractivity contribution >= 4 is 11.6 Å². The highest BCUT2D eigenvalue weighted by Crippen LogP contribution is 2.43. The van der Waals surface area contributed by atoms with Crippen molar-refractivity contribution in [1.29, 1.82) is 0 Å². The molecule has 0 saturated heterocycles. The van der Waals surface area contributed by atoms with E-state index in [-0.39, 0.29) is 22.4 Å². The molecule has 0 amide bonds. The van der Waals surface area contributed by atoms with Crippen LogP contribution in [0.3, 0.4) is 0 Å². The molecule has 166 valence electrons. The van der Waals surface area contributed by atoms with Gasteiger partial charge in [-0.1, -0.05) is 83.1 Å². The molecule has 0 spiro atoms. The lowest BCUT2D eigenvalue weighted by Crippen LogP contribution is -2.26. The topological polar surface area (TPSA) is 34.1 Å². The Labute approximate surface area is 184 Å². The molecule has 0 aromatic carbocycles. The standard InChI is InChI=1S/C14H22O.C14H20O/c2*1-10-6-7-11(2)14(4,5)13(10)9-8-12(3)15/h6-7,11H,8-9H2,1-5H3;6-9,11H,1-5H3/b;9-8+. The summed E-state index contributed by atoms with van der Waals surface area (Å²) in [6.07, 6.45) is 14.1. The van der Waals surface area contributed by atoms with E-state index in [9.17, 15) is 9.59 Å². The molecule has 0 saturated carbocycles. The summed E-state index contributed by atoms with van der Waals surface area (Å²) in [6, 6.07) is 0. The first kappa shape index (κ1) is 26.1. The van der Waals surface area contributed by atoms with Crippen molar-refractivity contribution in [1.82, 2.24) is 0 Å². The Hall–Kier alpha value is -1.96. The summed E-state index contributed by atoms with van der Waals surface area (Å²) in [7, 11) is 0. The van der Waals surface area contributed by atoms with E-state index in [0.717, 1.165) is 6.42 Å². The molecule has 0 heterocycles. The zero-order chi connectivity index (χ0) is 23.3. The number of allylic oxidation sites excluding steroid dienone is 10. The molecular formula is C28H42O2. The van der Waals surface area contributed by atoms with E-state index in [4.69, 9.17) is 0 Å². The summed E-state index contributed by atoms with van der Waals surface area (Å²) in [4.78, 5) is 22.0. The van der Waals surface area contributed by atoms with Crippen LogP contribution in [0.2, 0.25) is 0 Å². The number of Topliss-reactive ketones (excluding diaryl/α,β-unsaturated/α-hetero) is 1. The highest BCUT2D eigenvalue weighted by molar-refractivity contribution is 5.87. The van der Waals surface area contributed by atoms with Crippen LogP contribution in [-0.4, -0.2) is 11.6 Å². The van der Waals surface area contributed by atoms with Crippen LogP contribution in [0.25, 0.3) is 0 Å². The molecule has 2 unspecified atom stereocenters. The summed E-state index contributed by atoms with van der Waals surface area (Å²) in [5, 5.41) is 0. The lowest BCUT2D eigenvalue weighted by molar-refractivity contribution is -0.117. The first-order valence-electron chi connectivity index (χ1n) is 11.2. The number of ketones is 2. The van der Waals surface area contributed by atoms with Gasteiger partial charge in [0.1, 0.15) is 5.78 Å². The average Bonchev–Trinajstić information content (AvgIpc) is 2.61. The van der Waals surface area contributed by atoms with Crippen LogP contribution < -0.4 is 0 Å². The Morgan fingerprint density at radius 3 is 1.90 bits per heavy atom. The van der Waals surface area contributed by atoms with E-state index >= 15 is 0 Å². The first-order chi connectivity index (χ1) is 13.7. The van der Waals surface area contributed by atoms with Crippen molar-refractivity contribution in [2.24, 2.45) is 22.7 Å². The van der Waals surface area contributed by atoms with E-state index in [1.54, 1.807) is 19.9 Å². The fraction of sp³-hybridized carbons (Fsp3) is 0.571. The van der Waals surface area contributed by atoms with Gasteiger partial charge in [0.15, 0.2) is 5.78 Å². The van der Waals surface area contributed by atoms with Crippen molar-refractivity contribution in [3.05, 3.63) is 58.7 Å². The summed E-state index contributed by atoms with van der Waals surface area (Å²) in [6.45, 7) is 21.0. The number of carbonyl (C=O) groups excluding carboxylic acids is 2. The predicted octanol–water partition coefficient (Wildman–Crippen LogP) is 7.58. The van der Waals surface area contributed by atoms with Gasteiger partial charge in [0.05, 0.1) is 0 Å². The second-order valence-corrected chi connectivity index (χ2v) is 10.1. The maximum absolute atomic E-state index is 11.0. The normalized spacial score (nSPS) is 24.7. The van der Waals surface area contributed by atoms with Gasteiger partial charge in [-0.25, -0.2) is 0 Å². The summed E-state index contributed by atoms with van der Waals surface area (Å²) < 4.78 is 0. The van der Waals surface area contributed by atoms with Crippen molar-refractivity contribution < 1.29 is 9.59 Å². The quantitative estimate of drug-likeness (QED) is 0.438. The Kier molecular flexibility index (Phi) is 9.02. The van der Waals surface area contributed by atoms with Crippen LogP contribution in [0.4, 0.5) is 0 Å². The van der Waals surface area contributed by atoms with Crippen LogP contribution in [0.1, 0.15) is 82.1 Å². The number of hydrogen-bond acceptors (Lipinski definition) is 2. The summed E-state index contributed by atoms with van der Waals surface area (Å²) in [5.41, 5.74) is 5.65. The molecule has 0 radical (unpaired) electrons. The molecular weight excluding hydrogens is 368 g/mol. The van der Waals surface area contributed by atoms with E-state index in [0.29, 0.717) is 18.3 Å². The highest BCUT2D eigenvalue weighted by atomic mass is 16.1. The predicted molar refractivity (Wildman–Crippen MR) is 129 cm³/mol.